The minimum absolute atomic E-state index is 0.0410. The molecule has 1 saturated heterocycles. The molecular weight excluding hydrogens is 334 g/mol. The molecule has 5 rings (SSSR count). The number of aromatic nitrogens is 1. The molecule has 1 aromatic heterocycles. The molecule has 2 aromatic rings. The van der Waals surface area contributed by atoms with Gasteiger partial charge in [-0.25, -0.2) is 4.79 Å². The lowest BCUT2D eigenvalue weighted by Gasteiger charge is -2.31. The van der Waals surface area contributed by atoms with Gasteiger partial charge in [-0.05, 0) is 31.9 Å². The standard InChI is InChI=1S/C19H21N3O4/c1-10-8-26-17-13(21-5-4-19(9-21)6-14(19)20)3-2-11-15(17)22(10)7-12(16(11)23)18(24)25/h2-3,7,10,14H,4-6,8-9,20H2,1H3,(H,24,25)/t10-,14?,19?/m0/s1. The minimum atomic E-state index is -1.20. The third-order valence-corrected chi connectivity index (χ3v) is 6.28. The Hall–Kier alpha value is -2.54. The fraction of sp³-hybridized carbons (Fsp3) is 0.474. The van der Waals surface area contributed by atoms with Gasteiger partial charge in [-0.3, -0.25) is 4.79 Å². The van der Waals surface area contributed by atoms with E-state index >= 15 is 0 Å². The summed E-state index contributed by atoms with van der Waals surface area (Å²) < 4.78 is 7.91. The highest BCUT2D eigenvalue weighted by molar-refractivity contribution is 5.97. The molecular formula is C19H21N3O4. The summed E-state index contributed by atoms with van der Waals surface area (Å²) in [6, 6.07) is 3.86. The van der Waals surface area contributed by atoms with Gasteiger partial charge in [0, 0.05) is 30.7 Å². The largest absolute Gasteiger partial charge is 0.487 e. The van der Waals surface area contributed by atoms with Crippen LogP contribution in [0.1, 0.15) is 36.2 Å². The lowest BCUT2D eigenvalue weighted by Crippen LogP contribution is -2.29. The topological polar surface area (TPSA) is 97.8 Å². The highest BCUT2D eigenvalue weighted by atomic mass is 16.5. The van der Waals surface area contributed by atoms with Crippen LogP contribution in [0.2, 0.25) is 0 Å². The number of ether oxygens (including phenoxy) is 1. The number of aromatic carboxylic acids is 1. The first kappa shape index (κ1) is 15.7. The maximum absolute atomic E-state index is 12.6. The molecule has 0 bridgehead atoms. The van der Waals surface area contributed by atoms with Crippen molar-refractivity contribution in [3.8, 4) is 5.75 Å². The second-order valence-corrected chi connectivity index (χ2v) is 7.90. The van der Waals surface area contributed by atoms with Crippen molar-refractivity contribution in [1.82, 2.24) is 4.57 Å². The van der Waals surface area contributed by atoms with Crippen LogP contribution in [0.5, 0.6) is 5.75 Å². The number of hydrogen-bond donors (Lipinski definition) is 2. The average Bonchev–Trinajstić information content (AvgIpc) is 3.03. The van der Waals surface area contributed by atoms with Crippen molar-refractivity contribution in [2.45, 2.75) is 31.8 Å². The van der Waals surface area contributed by atoms with E-state index in [0.717, 1.165) is 31.6 Å². The quantitative estimate of drug-likeness (QED) is 0.849. The Bertz CT molecular complexity index is 1010. The molecule has 0 radical (unpaired) electrons. The first-order valence-corrected chi connectivity index (χ1v) is 9.00. The summed E-state index contributed by atoms with van der Waals surface area (Å²) in [6.07, 6.45) is 3.60. The monoisotopic (exact) mass is 355 g/mol. The Balaban J connectivity index is 1.71. The number of pyridine rings is 1. The smallest absolute Gasteiger partial charge is 0.341 e. The van der Waals surface area contributed by atoms with Gasteiger partial charge in [0.05, 0.1) is 22.6 Å². The predicted octanol–water partition coefficient (Wildman–Crippen LogP) is 1.58. The van der Waals surface area contributed by atoms with Crippen LogP contribution >= 0.6 is 0 Å². The van der Waals surface area contributed by atoms with Gasteiger partial charge >= 0.3 is 5.97 Å². The number of anilines is 1. The first-order chi connectivity index (χ1) is 12.4. The van der Waals surface area contributed by atoms with Gasteiger partial charge in [0.15, 0.2) is 5.75 Å². The van der Waals surface area contributed by atoms with Crippen molar-refractivity contribution in [3.63, 3.8) is 0 Å². The van der Waals surface area contributed by atoms with E-state index in [1.807, 2.05) is 17.6 Å². The summed E-state index contributed by atoms with van der Waals surface area (Å²) in [5, 5.41) is 9.77. The van der Waals surface area contributed by atoms with E-state index in [9.17, 15) is 14.7 Å². The van der Waals surface area contributed by atoms with E-state index in [-0.39, 0.29) is 23.1 Å². The van der Waals surface area contributed by atoms with Crippen LogP contribution in [0.15, 0.2) is 23.1 Å². The van der Waals surface area contributed by atoms with Crippen LogP contribution in [0, 0.1) is 5.41 Å². The lowest BCUT2D eigenvalue weighted by atomic mass is 10.1. The molecule has 3 aliphatic rings. The van der Waals surface area contributed by atoms with Crippen LogP contribution in [-0.2, 0) is 0 Å². The van der Waals surface area contributed by atoms with Crippen LogP contribution in [0.3, 0.4) is 0 Å². The normalized spacial score (nSPS) is 29.2. The molecule has 7 nitrogen and oxygen atoms in total. The number of carboxylic acid groups (broad SMARTS) is 1. The second kappa shape index (κ2) is 5.01. The predicted molar refractivity (Wildman–Crippen MR) is 97.2 cm³/mol. The zero-order valence-corrected chi connectivity index (χ0v) is 14.6. The number of carbonyl (C=O) groups is 1. The molecule has 2 aliphatic heterocycles. The fourth-order valence-corrected chi connectivity index (χ4v) is 4.53. The van der Waals surface area contributed by atoms with Crippen molar-refractivity contribution in [2.75, 3.05) is 24.6 Å². The SMILES string of the molecule is C[C@H]1COc2c(N3CCC4(CC4N)C3)ccc3c(=O)c(C(=O)O)cn1c23. The first-order valence-electron chi connectivity index (χ1n) is 9.00. The van der Waals surface area contributed by atoms with Gasteiger partial charge in [-0.1, -0.05) is 0 Å². The maximum atomic E-state index is 12.6. The maximum Gasteiger partial charge on any atom is 0.341 e. The van der Waals surface area contributed by atoms with E-state index in [1.165, 1.54) is 6.20 Å². The summed E-state index contributed by atoms with van der Waals surface area (Å²) in [7, 11) is 0. The van der Waals surface area contributed by atoms with E-state index in [2.05, 4.69) is 4.90 Å². The molecule has 2 unspecified atom stereocenters. The molecule has 3 atom stereocenters. The average molecular weight is 355 g/mol. The van der Waals surface area contributed by atoms with Crippen molar-refractivity contribution in [3.05, 3.63) is 34.1 Å². The molecule has 1 aromatic carbocycles. The molecule has 1 aliphatic carbocycles. The third-order valence-electron chi connectivity index (χ3n) is 6.28. The van der Waals surface area contributed by atoms with Gasteiger partial charge in [-0.2, -0.15) is 0 Å². The number of rotatable bonds is 2. The molecule has 1 saturated carbocycles. The number of carboxylic acids is 1. The number of nitrogens with zero attached hydrogens (tertiary/aromatic N) is 2. The Morgan fingerprint density at radius 1 is 1.42 bits per heavy atom. The van der Waals surface area contributed by atoms with Crippen LogP contribution < -0.4 is 20.8 Å². The Kier molecular flexibility index (Phi) is 3.02. The van der Waals surface area contributed by atoms with Crippen LogP contribution in [-0.4, -0.2) is 41.4 Å². The van der Waals surface area contributed by atoms with Crippen molar-refractivity contribution in [1.29, 1.82) is 0 Å². The van der Waals surface area contributed by atoms with Crippen LogP contribution in [0.25, 0.3) is 10.9 Å². The highest BCUT2D eigenvalue weighted by Gasteiger charge is 2.55. The number of benzene rings is 1. The van der Waals surface area contributed by atoms with E-state index in [4.69, 9.17) is 10.5 Å². The summed E-state index contributed by atoms with van der Waals surface area (Å²) >= 11 is 0. The zero-order chi connectivity index (χ0) is 18.2. The van der Waals surface area contributed by atoms with E-state index < -0.39 is 11.4 Å². The minimum Gasteiger partial charge on any atom is -0.487 e. The second-order valence-electron chi connectivity index (χ2n) is 7.90. The Morgan fingerprint density at radius 2 is 2.19 bits per heavy atom. The molecule has 3 heterocycles. The van der Waals surface area contributed by atoms with Gasteiger partial charge < -0.3 is 25.0 Å². The third kappa shape index (κ3) is 1.97. The van der Waals surface area contributed by atoms with Crippen molar-refractivity contribution >= 4 is 22.6 Å². The number of nitrogens with two attached hydrogens (primary N) is 1. The highest BCUT2D eigenvalue weighted by Crippen LogP contribution is 2.53. The Morgan fingerprint density at radius 3 is 2.85 bits per heavy atom. The molecule has 26 heavy (non-hydrogen) atoms. The van der Waals surface area contributed by atoms with E-state index in [0.29, 0.717) is 23.3 Å². The van der Waals surface area contributed by atoms with Gasteiger partial charge in [0.1, 0.15) is 12.2 Å². The zero-order valence-electron chi connectivity index (χ0n) is 14.6. The molecule has 2 fully saturated rings. The molecule has 7 heteroatoms. The van der Waals surface area contributed by atoms with Crippen molar-refractivity contribution < 1.29 is 14.6 Å². The summed E-state index contributed by atoms with van der Waals surface area (Å²) in [4.78, 5) is 26.4. The van der Waals surface area contributed by atoms with Crippen LogP contribution in [0.4, 0.5) is 5.69 Å². The van der Waals surface area contributed by atoms with Gasteiger partial charge in [0.2, 0.25) is 5.43 Å². The lowest BCUT2D eigenvalue weighted by molar-refractivity contribution is 0.0694. The summed E-state index contributed by atoms with van der Waals surface area (Å²) in [5.74, 6) is -0.518. The van der Waals surface area contributed by atoms with Gasteiger partial charge in [0.25, 0.3) is 0 Å². The summed E-state index contributed by atoms with van der Waals surface area (Å²) in [5.41, 5.74) is 7.36. The summed E-state index contributed by atoms with van der Waals surface area (Å²) in [6.45, 7) is 4.23. The van der Waals surface area contributed by atoms with Gasteiger partial charge in [-0.15, -0.1) is 0 Å². The fourth-order valence-electron chi connectivity index (χ4n) is 4.53. The molecule has 0 amide bonds. The molecule has 1 spiro atoms. The molecule has 136 valence electrons. The van der Waals surface area contributed by atoms with E-state index in [1.54, 1.807) is 6.07 Å². The molecule has 3 N–H and O–H groups in total. The Labute approximate surface area is 150 Å². The van der Waals surface area contributed by atoms with Crippen molar-refractivity contribution in [2.24, 2.45) is 11.1 Å². The number of hydrogen-bond acceptors (Lipinski definition) is 5.